The van der Waals surface area contributed by atoms with Crippen molar-refractivity contribution in [3.63, 3.8) is 0 Å². The van der Waals surface area contributed by atoms with E-state index in [0.717, 1.165) is 11.5 Å². The topological polar surface area (TPSA) is 52.6 Å². The van der Waals surface area contributed by atoms with Gasteiger partial charge in [0.05, 0.1) is 13.2 Å². The largest absolute Gasteiger partial charge is 0.465 e. The van der Waals surface area contributed by atoms with Crippen LogP contribution in [0, 0.1) is 17.3 Å². The number of hydrogen-bond acceptors (Lipinski definition) is 5. The second-order valence-electron chi connectivity index (χ2n) is 4.99. The van der Waals surface area contributed by atoms with Gasteiger partial charge in [-0.15, -0.1) is 0 Å². The van der Waals surface area contributed by atoms with Crippen LogP contribution >= 0.6 is 11.8 Å². The van der Waals surface area contributed by atoms with Gasteiger partial charge in [-0.2, -0.15) is 11.8 Å². The summed E-state index contributed by atoms with van der Waals surface area (Å²) in [4.78, 5) is 24.4. The molecule has 2 rings (SSSR count). The third-order valence-corrected chi connectivity index (χ3v) is 5.21. The van der Waals surface area contributed by atoms with Crippen molar-refractivity contribution >= 4 is 23.7 Å². The molecule has 0 unspecified atom stereocenters. The normalized spacial score (nSPS) is 28.8. The van der Waals surface area contributed by atoms with E-state index in [9.17, 15) is 9.59 Å². The number of carbonyl (C=O) groups excluding carboxylic acids is 2. The van der Waals surface area contributed by atoms with Gasteiger partial charge < -0.3 is 9.47 Å². The van der Waals surface area contributed by atoms with Crippen LogP contribution in [-0.4, -0.2) is 36.7 Å². The van der Waals surface area contributed by atoms with Crippen LogP contribution in [0.3, 0.4) is 0 Å². The Labute approximate surface area is 112 Å². The maximum atomic E-state index is 12.2. The molecule has 1 saturated carbocycles. The maximum absolute atomic E-state index is 12.2. The molecule has 0 spiro atoms. The Kier molecular flexibility index (Phi) is 4.20. The second kappa shape index (κ2) is 5.51. The predicted molar refractivity (Wildman–Crippen MR) is 69.2 cm³/mol. The molecule has 4 nitrogen and oxygen atoms in total. The lowest BCUT2D eigenvalue weighted by Gasteiger charge is -2.25. The van der Waals surface area contributed by atoms with Gasteiger partial charge in [-0.25, -0.2) is 0 Å². The summed E-state index contributed by atoms with van der Waals surface area (Å²) in [5, 5.41) is 0. The molecule has 0 bridgehead atoms. The molecule has 0 radical (unpaired) electrons. The number of ether oxygens (including phenoxy) is 2. The van der Waals surface area contributed by atoms with Crippen LogP contribution in [-0.2, 0) is 19.1 Å². The zero-order chi connectivity index (χ0) is 13.2. The lowest BCUT2D eigenvalue weighted by molar-refractivity contribution is -0.172. The number of rotatable bonds is 4. The quantitative estimate of drug-likeness (QED) is 0.577. The molecule has 5 heteroatoms. The molecule has 102 valence electrons. The standard InChI is InChI=1S/C13H20O4S/c1-3-16-11(14)13(12(15)17-4-2)5-9-7-18-8-10(9)6-13/h9-10H,3-8H2,1-2H3/t9-,10+. The summed E-state index contributed by atoms with van der Waals surface area (Å²) in [5.74, 6) is 2.24. The van der Waals surface area contributed by atoms with E-state index >= 15 is 0 Å². The average molecular weight is 272 g/mol. The van der Waals surface area contributed by atoms with E-state index in [2.05, 4.69) is 0 Å². The number of thioether (sulfide) groups is 1. The second-order valence-corrected chi connectivity index (χ2v) is 6.06. The SMILES string of the molecule is CCOC(=O)C1(C(=O)OCC)C[C@H]2CSC[C@H]2C1. The molecule has 1 heterocycles. The van der Waals surface area contributed by atoms with Gasteiger partial charge in [-0.1, -0.05) is 0 Å². The number of carbonyl (C=O) groups is 2. The number of esters is 2. The molecule has 0 N–H and O–H groups in total. The van der Waals surface area contributed by atoms with Crippen LogP contribution in [0.25, 0.3) is 0 Å². The molecule has 2 atom stereocenters. The van der Waals surface area contributed by atoms with Crippen molar-refractivity contribution in [1.29, 1.82) is 0 Å². The fraction of sp³-hybridized carbons (Fsp3) is 0.846. The zero-order valence-electron chi connectivity index (χ0n) is 10.9. The molecule has 1 aliphatic heterocycles. The van der Waals surface area contributed by atoms with E-state index in [1.165, 1.54) is 0 Å². The highest BCUT2D eigenvalue weighted by atomic mass is 32.2. The van der Waals surface area contributed by atoms with Crippen LogP contribution < -0.4 is 0 Å². The van der Waals surface area contributed by atoms with Crippen molar-refractivity contribution in [3.05, 3.63) is 0 Å². The zero-order valence-corrected chi connectivity index (χ0v) is 11.8. The average Bonchev–Trinajstić information content (AvgIpc) is 2.87. The summed E-state index contributed by atoms with van der Waals surface area (Å²) >= 11 is 1.91. The molecule has 18 heavy (non-hydrogen) atoms. The van der Waals surface area contributed by atoms with Crippen LogP contribution in [0.5, 0.6) is 0 Å². The van der Waals surface area contributed by atoms with Crippen molar-refractivity contribution < 1.29 is 19.1 Å². The highest BCUT2D eigenvalue weighted by molar-refractivity contribution is 7.99. The first-order valence-electron chi connectivity index (χ1n) is 6.56. The number of fused-ring (bicyclic) bond motifs is 1. The molecule has 1 aliphatic carbocycles. The van der Waals surface area contributed by atoms with Crippen LogP contribution in [0.15, 0.2) is 0 Å². The molecule has 0 amide bonds. The molecule has 1 saturated heterocycles. The van der Waals surface area contributed by atoms with Gasteiger partial charge in [-0.3, -0.25) is 9.59 Å². The molecule has 0 aromatic carbocycles. The van der Waals surface area contributed by atoms with Gasteiger partial charge in [0.2, 0.25) is 0 Å². The van der Waals surface area contributed by atoms with Crippen molar-refractivity contribution in [2.45, 2.75) is 26.7 Å². The molecule has 0 aromatic rings. The lowest BCUT2D eigenvalue weighted by Crippen LogP contribution is -2.40. The van der Waals surface area contributed by atoms with Gasteiger partial charge in [0, 0.05) is 0 Å². The lowest BCUT2D eigenvalue weighted by atomic mass is 9.85. The van der Waals surface area contributed by atoms with Crippen LogP contribution in [0.1, 0.15) is 26.7 Å². The van der Waals surface area contributed by atoms with Gasteiger partial charge in [0.1, 0.15) is 0 Å². The van der Waals surface area contributed by atoms with Crippen molar-refractivity contribution in [1.82, 2.24) is 0 Å². The summed E-state index contributed by atoms with van der Waals surface area (Å²) in [5.41, 5.74) is -1.03. The van der Waals surface area contributed by atoms with Gasteiger partial charge >= 0.3 is 11.9 Å². The Morgan fingerprint density at radius 2 is 1.50 bits per heavy atom. The first kappa shape index (κ1) is 13.7. The summed E-state index contributed by atoms with van der Waals surface area (Å²) in [7, 11) is 0. The minimum Gasteiger partial charge on any atom is -0.465 e. The van der Waals surface area contributed by atoms with Gasteiger partial charge in [-0.05, 0) is 50.0 Å². The molecule has 2 aliphatic rings. The molecule has 0 aromatic heterocycles. The Morgan fingerprint density at radius 3 is 1.89 bits per heavy atom. The first-order chi connectivity index (χ1) is 8.64. The highest BCUT2D eigenvalue weighted by Gasteiger charge is 2.58. The minimum absolute atomic E-state index is 0.310. The summed E-state index contributed by atoms with van der Waals surface area (Å²) in [6.45, 7) is 4.15. The minimum atomic E-state index is -1.03. The summed E-state index contributed by atoms with van der Waals surface area (Å²) in [6, 6.07) is 0. The van der Waals surface area contributed by atoms with E-state index in [-0.39, 0.29) is 11.9 Å². The molecule has 2 fully saturated rings. The monoisotopic (exact) mass is 272 g/mol. The third kappa shape index (κ3) is 2.25. The smallest absolute Gasteiger partial charge is 0.323 e. The maximum Gasteiger partial charge on any atom is 0.323 e. The van der Waals surface area contributed by atoms with E-state index in [1.54, 1.807) is 13.8 Å². The fourth-order valence-electron chi connectivity index (χ4n) is 3.03. The first-order valence-corrected chi connectivity index (χ1v) is 7.71. The van der Waals surface area contributed by atoms with Crippen LogP contribution in [0.2, 0.25) is 0 Å². The predicted octanol–water partition coefficient (Wildman–Crippen LogP) is 1.87. The Morgan fingerprint density at radius 1 is 1.06 bits per heavy atom. The van der Waals surface area contributed by atoms with E-state index in [0.29, 0.717) is 37.9 Å². The highest BCUT2D eigenvalue weighted by Crippen LogP contribution is 2.52. The van der Waals surface area contributed by atoms with E-state index in [1.807, 2.05) is 11.8 Å². The van der Waals surface area contributed by atoms with Gasteiger partial charge in [0.25, 0.3) is 0 Å². The fourth-order valence-corrected chi connectivity index (χ4v) is 4.55. The Balaban J connectivity index is 2.18. The van der Waals surface area contributed by atoms with Crippen molar-refractivity contribution in [3.8, 4) is 0 Å². The molecular weight excluding hydrogens is 252 g/mol. The molecular formula is C13H20O4S. The summed E-state index contributed by atoms with van der Waals surface area (Å²) < 4.78 is 10.2. The Hall–Kier alpha value is -0.710. The summed E-state index contributed by atoms with van der Waals surface area (Å²) in [6.07, 6.45) is 1.20. The van der Waals surface area contributed by atoms with E-state index < -0.39 is 5.41 Å². The third-order valence-electron chi connectivity index (χ3n) is 3.88. The van der Waals surface area contributed by atoms with Crippen molar-refractivity contribution in [2.75, 3.05) is 24.7 Å². The number of hydrogen-bond donors (Lipinski definition) is 0. The Bertz CT molecular complexity index is 310. The van der Waals surface area contributed by atoms with Crippen molar-refractivity contribution in [2.24, 2.45) is 17.3 Å². The van der Waals surface area contributed by atoms with Gasteiger partial charge in [0.15, 0.2) is 5.41 Å². The van der Waals surface area contributed by atoms with Crippen LogP contribution in [0.4, 0.5) is 0 Å². The van der Waals surface area contributed by atoms with E-state index in [4.69, 9.17) is 9.47 Å².